The van der Waals surface area contributed by atoms with E-state index in [1.165, 1.54) is 40.6 Å². The summed E-state index contributed by atoms with van der Waals surface area (Å²) >= 11 is 4.57. The van der Waals surface area contributed by atoms with Gasteiger partial charge in [-0.05, 0) is 19.1 Å². The second kappa shape index (κ2) is 6.84. The predicted molar refractivity (Wildman–Crippen MR) is 107 cm³/mol. The molecule has 2 N–H and O–H groups in total. The largest absolute Gasteiger partial charge is 0.425 e. The summed E-state index contributed by atoms with van der Waals surface area (Å²) in [5.41, 5.74) is -5.77. The van der Waals surface area contributed by atoms with Gasteiger partial charge in [0, 0.05) is 22.2 Å². The summed E-state index contributed by atoms with van der Waals surface area (Å²) in [5, 5.41) is 4.64. The van der Waals surface area contributed by atoms with Crippen LogP contribution in [0.3, 0.4) is 0 Å². The molecule has 30 heavy (non-hydrogen) atoms. The van der Waals surface area contributed by atoms with Crippen LogP contribution in [0.5, 0.6) is 0 Å². The maximum Gasteiger partial charge on any atom is 0.425 e. The van der Waals surface area contributed by atoms with Gasteiger partial charge in [-0.25, -0.2) is 0 Å². The monoisotopic (exact) mass is 502 g/mol. The van der Waals surface area contributed by atoms with Crippen LogP contribution >= 0.6 is 27.7 Å². The number of halogens is 4. The lowest BCUT2D eigenvalue weighted by atomic mass is 9.91. The SMILES string of the molecule is C[C@]1(CBr)Cn2c(nc(=O)c3c2NC(=O)[C@]3(NC(=O)c2ccccc2)C(F)(F)F)S1. The number of amides is 2. The van der Waals surface area contributed by atoms with Crippen molar-refractivity contribution < 1.29 is 22.8 Å². The zero-order chi connectivity index (χ0) is 21.9. The number of thioether (sulfide) groups is 1. The number of benzene rings is 1. The molecule has 2 amide bonds. The number of alkyl halides is 4. The van der Waals surface area contributed by atoms with E-state index >= 15 is 0 Å². The lowest BCUT2D eigenvalue weighted by Crippen LogP contribution is -2.61. The van der Waals surface area contributed by atoms with Gasteiger partial charge >= 0.3 is 6.18 Å². The van der Waals surface area contributed by atoms with Crippen LogP contribution in [-0.4, -0.2) is 37.6 Å². The van der Waals surface area contributed by atoms with Crippen molar-refractivity contribution in [2.24, 2.45) is 0 Å². The van der Waals surface area contributed by atoms with Gasteiger partial charge in [0.25, 0.3) is 22.9 Å². The molecule has 2 aliphatic rings. The molecule has 0 spiro atoms. The normalized spacial score (nSPS) is 24.9. The first-order valence-electron chi connectivity index (χ1n) is 8.68. The zero-order valence-electron chi connectivity index (χ0n) is 15.3. The van der Waals surface area contributed by atoms with Gasteiger partial charge in [0.1, 0.15) is 11.4 Å². The maximum atomic E-state index is 14.3. The summed E-state index contributed by atoms with van der Waals surface area (Å²) in [4.78, 5) is 41.8. The van der Waals surface area contributed by atoms with Crippen molar-refractivity contribution in [3.05, 3.63) is 51.8 Å². The molecule has 0 radical (unpaired) electrons. The van der Waals surface area contributed by atoms with E-state index in [0.29, 0.717) is 5.33 Å². The van der Waals surface area contributed by atoms with Crippen LogP contribution in [0.15, 0.2) is 40.3 Å². The summed E-state index contributed by atoms with van der Waals surface area (Å²) in [6, 6.07) is 7.14. The van der Waals surface area contributed by atoms with Crippen molar-refractivity contribution in [2.45, 2.75) is 35.1 Å². The van der Waals surface area contributed by atoms with E-state index in [1.54, 1.807) is 11.4 Å². The standard InChI is InChI=1S/C18H14BrF3N4O3S/c1-16(7-19)8-26-11-10(13(28)24-15(26)30-16)17(14(29)23-11,18(20,21)22)25-12(27)9-5-3-2-4-6-9/h2-6H,7-8H2,1H3,(H,23,29)(H,25,27)/t16-,17-/m0/s1. The molecule has 12 heteroatoms. The molecule has 2 atom stereocenters. The molecule has 0 aliphatic carbocycles. The summed E-state index contributed by atoms with van der Waals surface area (Å²) in [7, 11) is 0. The fraction of sp³-hybridized carbons (Fsp3) is 0.333. The van der Waals surface area contributed by atoms with Crippen LogP contribution in [0.1, 0.15) is 22.8 Å². The number of hydrogen-bond acceptors (Lipinski definition) is 5. The second-order valence-electron chi connectivity index (χ2n) is 7.22. The zero-order valence-corrected chi connectivity index (χ0v) is 17.7. The Kier molecular flexibility index (Phi) is 4.77. The van der Waals surface area contributed by atoms with Crippen LogP contribution in [0, 0.1) is 0 Å². The molecular weight excluding hydrogens is 489 g/mol. The van der Waals surface area contributed by atoms with Gasteiger partial charge in [-0.2, -0.15) is 18.2 Å². The molecule has 1 aromatic heterocycles. The van der Waals surface area contributed by atoms with Gasteiger partial charge in [-0.15, -0.1) is 0 Å². The van der Waals surface area contributed by atoms with E-state index in [4.69, 9.17) is 0 Å². The first-order valence-corrected chi connectivity index (χ1v) is 10.6. The van der Waals surface area contributed by atoms with Crippen molar-refractivity contribution in [3.8, 4) is 0 Å². The van der Waals surface area contributed by atoms with Crippen LogP contribution < -0.4 is 16.2 Å². The van der Waals surface area contributed by atoms with Crippen LogP contribution in [0.2, 0.25) is 0 Å². The summed E-state index contributed by atoms with van der Waals surface area (Å²) in [5.74, 6) is -2.98. The fourth-order valence-electron chi connectivity index (χ4n) is 3.49. The Balaban J connectivity index is 1.90. The molecule has 7 nitrogen and oxygen atoms in total. The van der Waals surface area contributed by atoms with E-state index < -0.39 is 39.4 Å². The minimum absolute atomic E-state index is 0.0842. The smallest absolute Gasteiger partial charge is 0.326 e. The first kappa shape index (κ1) is 20.9. The number of aromatic nitrogens is 2. The van der Waals surface area contributed by atoms with E-state index in [1.807, 2.05) is 6.92 Å². The summed E-state index contributed by atoms with van der Waals surface area (Å²) < 4.78 is 43.8. The predicted octanol–water partition coefficient (Wildman–Crippen LogP) is 2.64. The third-order valence-electron chi connectivity index (χ3n) is 4.97. The molecule has 158 valence electrons. The minimum Gasteiger partial charge on any atom is -0.326 e. The highest BCUT2D eigenvalue weighted by Gasteiger charge is 2.69. The number of nitrogens with one attached hydrogen (secondary N) is 2. The van der Waals surface area contributed by atoms with E-state index in [9.17, 15) is 27.6 Å². The van der Waals surface area contributed by atoms with E-state index in [2.05, 4.69) is 26.2 Å². The quantitative estimate of drug-likeness (QED) is 0.497. The highest BCUT2D eigenvalue weighted by atomic mass is 79.9. The van der Waals surface area contributed by atoms with Crippen LogP contribution in [0.4, 0.5) is 19.0 Å². The number of hydrogen-bond donors (Lipinski definition) is 2. The lowest BCUT2D eigenvalue weighted by Gasteiger charge is -2.30. The Morgan fingerprint density at radius 3 is 2.60 bits per heavy atom. The molecule has 0 fully saturated rings. The Hall–Kier alpha value is -2.34. The third-order valence-corrected chi connectivity index (χ3v) is 7.84. The first-order chi connectivity index (χ1) is 14.0. The van der Waals surface area contributed by atoms with Crippen molar-refractivity contribution in [1.29, 1.82) is 0 Å². The van der Waals surface area contributed by atoms with Crippen LogP contribution in [-0.2, 0) is 16.9 Å². The number of fused-ring (bicyclic) bond motifs is 3. The Morgan fingerprint density at radius 2 is 2.00 bits per heavy atom. The summed E-state index contributed by atoms with van der Waals surface area (Å²) in [6.07, 6.45) is -5.28. The minimum atomic E-state index is -5.28. The molecular formula is C18H14BrF3N4O3S. The van der Waals surface area contributed by atoms with Crippen LogP contribution in [0.25, 0.3) is 0 Å². The van der Waals surface area contributed by atoms with E-state index in [0.717, 1.165) is 0 Å². The second-order valence-corrected chi connectivity index (χ2v) is 9.33. The van der Waals surface area contributed by atoms with Gasteiger partial charge in [0.15, 0.2) is 5.16 Å². The molecule has 0 unspecified atom stereocenters. The summed E-state index contributed by atoms with van der Waals surface area (Å²) in [6.45, 7) is 2.07. The number of nitrogens with zero attached hydrogens (tertiary/aromatic N) is 2. The van der Waals surface area contributed by atoms with E-state index in [-0.39, 0.29) is 23.1 Å². The molecule has 2 aromatic rings. The fourth-order valence-corrected chi connectivity index (χ4v) is 5.10. The van der Waals surface area contributed by atoms with Crippen molar-refractivity contribution in [3.63, 3.8) is 0 Å². The Bertz CT molecular complexity index is 1120. The molecule has 1 aromatic carbocycles. The van der Waals surface area contributed by atoms with Crippen molar-refractivity contribution in [1.82, 2.24) is 14.9 Å². The van der Waals surface area contributed by atoms with Gasteiger partial charge in [-0.1, -0.05) is 45.9 Å². The topological polar surface area (TPSA) is 93.1 Å². The average Bonchev–Trinajstić information content (AvgIpc) is 3.18. The molecule has 2 aliphatic heterocycles. The molecule has 0 saturated carbocycles. The van der Waals surface area contributed by atoms with Crippen molar-refractivity contribution >= 4 is 45.3 Å². The maximum absolute atomic E-state index is 14.3. The van der Waals surface area contributed by atoms with Crippen molar-refractivity contribution in [2.75, 3.05) is 10.6 Å². The van der Waals surface area contributed by atoms with Gasteiger partial charge in [0.05, 0.1) is 0 Å². The number of anilines is 1. The van der Waals surface area contributed by atoms with Gasteiger partial charge < -0.3 is 15.2 Å². The van der Waals surface area contributed by atoms with Gasteiger partial charge in [-0.3, -0.25) is 14.4 Å². The third kappa shape index (κ3) is 2.96. The highest BCUT2D eigenvalue weighted by molar-refractivity contribution is 9.09. The Morgan fingerprint density at radius 1 is 1.33 bits per heavy atom. The average molecular weight is 503 g/mol. The molecule has 0 saturated heterocycles. The lowest BCUT2D eigenvalue weighted by molar-refractivity contribution is -0.196. The molecule has 3 heterocycles. The molecule has 0 bridgehead atoms. The van der Waals surface area contributed by atoms with Gasteiger partial charge in [0.2, 0.25) is 0 Å². The number of carbonyl (C=O) groups is 2. The Labute approximate surface area is 180 Å². The number of rotatable bonds is 3. The highest BCUT2D eigenvalue weighted by Crippen LogP contribution is 2.49. The molecule has 4 rings (SSSR count). The number of carbonyl (C=O) groups excluding carboxylic acids is 2.